The van der Waals surface area contributed by atoms with Crippen molar-refractivity contribution >= 4 is 9.73 Å². The van der Waals surface area contributed by atoms with Gasteiger partial charge in [0.15, 0.2) is 0 Å². The van der Waals surface area contributed by atoms with Crippen molar-refractivity contribution in [3.63, 3.8) is 0 Å². The Labute approximate surface area is 95.5 Å². The van der Waals surface area contributed by atoms with Gasteiger partial charge in [0.25, 0.3) is 0 Å². The van der Waals surface area contributed by atoms with Gasteiger partial charge in [0.2, 0.25) is 6.19 Å². The van der Waals surface area contributed by atoms with Gasteiger partial charge in [0.05, 0.1) is 15.0 Å². The summed E-state index contributed by atoms with van der Waals surface area (Å²) < 4.78 is 16.0. The van der Waals surface area contributed by atoms with Gasteiger partial charge >= 0.3 is 0 Å². The maximum Gasteiger partial charge on any atom is 0.214 e. The predicted molar refractivity (Wildman–Crippen MR) is 62.0 cm³/mol. The minimum atomic E-state index is -2.39. The first-order valence-corrected chi connectivity index (χ1v) is 6.95. The van der Waals surface area contributed by atoms with Crippen molar-refractivity contribution in [2.24, 2.45) is 4.36 Å². The molecule has 0 amide bonds. The SMILES string of the molecule is Cc1ccc(C2CCCS2(=O)=NC#N)cn1. The Balaban J connectivity index is 2.42. The van der Waals surface area contributed by atoms with Crippen LogP contribution in [0.15, 0.2) is 22.7 Å². The second-order valence-corrected chi connectivity index (χ2v) is 6.49. The highest BCUT2D eigenvalue weighted by Gasteiger charge is 2.31. The molecule has 1 fully saturated rings. The number of hydrogen-bond donors (Lipinski definition) is 0. The van der Waals surface area contributed by atoms with Crippen molar-refractivity contribution in [3.05, 3.63) is 29.6 Å². The lowest BCUT2D eigenvalue weighted by Crippen LogP contribution is -2.08. The summed E-state index contributed by atoms with van der Waals surface area (Å²) in [6.45, 7) is 1.91. The lowest BCUT2D eigenvalue weighted by atomic mass is 10.1. The minimum absolute atomic E-state index is 0.125. The van der Waals surface area contributed by atoms with E-state index in [1.165, 1.54) is 0 Å². The Morgan fingerprint density at radius 1 is 1.62 bits per heavy atom. The summed E-state index contributed by atoms with van der Waals surface area (Å²) >= 11 is 0. The van der Waals surface area contributed by atoms with Gasteiger partial charge < -0.3 is 0 Å². The molecule has 1 aliphatic rings. The first-order valence-electron chi connectivity index (χ1n) is 5.20. The molecule has 0 spiro atoms. The summed E-state index contributed by atoms with van der Waals surface area (Å²) in [5, 5.41) is 8.46. The molecule has 1 aromatic heterocycles. The van der Waals surface area contributed by atoms with E-state index in [0.29, 0.717) is 5.75 Å². The molecular formula is C11H13N3OS. The summed E-state index contributed by atoms with van der Waals surface area (Å²) in [7, 11) is -2.39. The lowest BCUT2D eigenvalue weighted by Gasteiger charge is -2.11. The summed E-state index contributed by atoms with van der Waals surface area (Å²) in [5.41, 5.74) is 1.87. The van der Waals surface area contributed by atoms with Crippen LogP contribution in [0.25, 0.3) is 0 Å². The third-order valence-corrected chi connectivity index (χ3v) is 5.51. The summed E-state index contributed by atoms with van der Waals surface area (Å²) in [6, 6.07) is 3.84. The Kier molecular flexibility index (Phi) is 2.92. The van der Waals surface area contributed by atoms with Crippen molar-refractivity contribution < 1.29 is 4.21 Å². The van der Waals surface area contributed by atoms with Gasteiger partial charge in [-0.2, -0.15) is 5.26 Å². The second-order valence-electron chi connectivity index (χ2n) is 3.95. The Morgan fingerprint density at radius 2 is 2.44 bits per heavy atom. The second kappa shape index (κ2) is 4.22. The minimum Gasteiger partial charge on any atom is -0.261 e. The molecule has 0 aromatic carbocycles. The van der Waals surface area contributed by atoms with Crippen LogP contribution in [0.2, 0.25) is 0 Å². The molecule has 1 aliphatic heterocycles. The number of rotatable bonds is 1. The zero-order chi connectivity index (χ0) is 11.6. The number of pyridine rings is 1. The van der Waals surface area contributed by atoms with Crippen molar-refractivity contribution in [1.82, 2.24) is 4.98 Å². The lowest BCUT2D eigenvalue weighted by molar-refractivity contribution is 0.672. The zero-order valence-corrected chi connectivity index (χ0v) is 9.91. The predicted octanol–water partition coefficient (Wildman–Crippen LogP) is 2.17. The van der Waals surface area contributed by atoms with Gasteiger partial charge in [0, 0.05) is 17.6 Å². The van der Waals surface area contributed by atoms with E-state index in [0.717, 1.165) is 24.1 Å². The third-order valence-electron chi connectivity index (χ3n) is 2.85. The summed E-state index contributed by atoms with van der Waals surface area (Å²) in [6.07, 6.45) is 5.13. The smallest absolute Gasteiger partial charge is 0.214 e. The fraction of sp³-hybridized carbons (Fsp3) is 0.455. The van der Waals surface area contributed by atoms with E-state index in [9.17, 15) is 4.21 Å². The van der Waals surface area contributed by atoms with Gasteiger partial charge in [-0.15, -0.1) is 4.36 Å². The largest absolute Gasteiger partial charge is 0.261 e. The quantitative estimate of drug-likeness (QED) is 0.701. The first-order chi connectivity index (χ1) is 7.65. The number of aryl methyl sites for hydroxylation is 1. The number of hydrogen-bond acceptors (Lipinski definition) is 4. The molecule has 2 rings (SSSR count). The topological polar surface area (TPSA) is 66.1 Å². The zero-order valence-electron chi connectivity index (χ0n) is 9.09. The van der Waals surface area contributed by atoms with Crippen LogP contribution in [-0.4, -0.2) is 14.9 Å². The van der Waals surface area contributed by atoms with Crippen molar-refractivity contribution in [2.45, 2.75) is 25.0 Å². The third kappa shape index (κ3) is 1.93. The molecule has 16 heavy (non-hydrogen) atoms. The van der Waals surface area contributed by atoms with E-state index < -0.39 is 9.73 Å². The van der Waals surface area contributed by atoms with Crippen LogP contribution >= 0.6 is 0 Å². The van der Waals surface area contributed by atoms with Gasteiger partial charge in [-0.25, -0.2) is 4.21 Å². The molecule has 0 bridgehead atoms. The Hall–Kier alpha value is -1.41. The van der Waals surface area contributed by atoms with E-state index in [1.54, 1.807) is 12.4 Å². The fourth-order valence-electron chi connectivity index (χ4n) is 2.03. The normalized spacial score (nSPS) is 28.6. The molecular weight excluding hydrogens is 222 g/mol. The highest BCUT2D eigenvalue weighted by molar-refractivity contribution is 7.94. The highest BCUT2D eigenvalue weighted by atomic mass is 32.2. The van der Waals surface area contributed by atoms with E-state index in [4.69, 9.17) is 5.26 Å². The molecule has 0 aliphatic carbocycles. The van der Waals surface area contributed by atoms with Gasteiger partial charge in [-0.05, 0) is 31.4 Å². The van der Waals surface area contributed by atoms with Crippen molar-refractivity contribution in [1.29, 1.82) is 5.26 Å². The molecule has 0 radical (unpaired) electrons. The molecule has 4 nitrogen and oxygen atoms in total. The molecule has 2 heterocycles. The average Bonchev–Trinajstić information content (AvgIpc) is 2.62. The maximum atomic E-state index is 12.4. The van der Waals surface area contributed by atoms with Crippen LogP contribution in [0.3, 0.4) is 0 Å². The number of aromatic nitrogens is 1. The molecule has 0 saturated carbocycles. The molecule has 2 unspecified atom stereocenters. The molecule has 1 aromatic rings. The van der Waals surface area contributed by atoms with Crippen LogP contribution in [0.4, 0.5) is 0 Å². The molecule has 1 saturated heterocycles. The molecule has 0 N–H and O–H groups in total. The van der Waals surface area contributed by atoms with E-state index in [1.807, 2.05) is 19.1 Å². The van der Waals surface area contributed by atoms with Crippen LogP contribution in [0.5, 0.6) is 0 Å². The van der Waals surface area contributed by atoms with E-state index >= 15 is 0 Å². The highest BCUT2D eigenvalue weighted by Crippen LogP contribution is 2.35. The summed E-state index contributed by atoms with van der Waals surface area (Å²) in [4.78, 5) is 4.20. The van der Waals surface area contributed by atoms with Crippen LogP contribution in [0, 0.1) is 18.4 Å². The maximum absolute atomic E-state index is 12.4. The number of nitriles is 1. The Bertz CT molecular complexity index is 535. The monoisotopic (exact) mass is 235 g/mol. The fourth-order valence-corrected chi connectivity index (χ4v) is 4.35. The molecule has 2 atom stereocenters. The van der Waals surface area contributed by atoms with Crippen molar-refractivity contribution in [3.8, 4) is 6.19 Å². The molecule has 5 heteroatoms. The summed E-state index contributed by atoms with van der Waals surface area (Å²) in [5.74, 6) is 0.527. The average molecular weight is 235 g/mol. The molecule has 84 valence electrons. The van der Waals surface area contributed by atoms with Gasteiger partial charge in [0.1, 0.15) is 0 Å². The van der Waals surface area contributed by atoms with Gasteiger partial charge in [-0.3, -0.25) is 4.98 Å². The van der Waals surface area contributed by atoms with E-state index in [-0.39, 0.29) is 5.25 Å². The van der Waals surface area contributed by atoms with Crippen LogP contribution in [-0.2, 0) is 9.73 Å². The standard InChI is InChI=1S/C11H13N3OS/c1-9-4-5-10(7-13-9)11-3-2-6-16(11,15)14-8-12/h4-5,7,11H,2-3,6H2,1H3. The van der Waals surface area contributed by atoms with Crippen LogP contribution in [0.1, 0.15) is 29.3 Å². The number of nitrogens with zero attached hydrogens (tertiary/aromatic N) is 3. The first kappa shape index (κ1) is 11.1. The van der Waals surface area contributed by atoms with E-state index in [2.05, 4.69) is 9.35 Å². The van der Waals surface area contributed by atoms with Gasteiger partial charge in [-0.1, -0.05) is 6.07 Å². The van der Waals surface area contributed by atoms with Crippen molar-refractivity contribution in [2.75, 3.05) is 5.75 Å². The Morgan fingerprint density at radius 3 is 3.06 bits per heavy atom. The van der Waals surface area contributed by atoms with Crippen LogP contribution < -0.4 is 0 Å².